The molecule has 2 aromatic heterocycles. The van der Waals surface area contributed by atoms with Crippen LogP contribution in [0.3, 0.4) is 0 Å². The van der Waals surface area contributed by atoms with Crippen LogP contribution in [0.25, 0.3) is 0 Å². The van der Waals surface area contributed by atoms with Crippen molar-refractivity contribution in [3.63, 3.8) is 0 Å². The number of amides is 1. The molecule has 1 amide bonds. The number of carbonyl (C=O) groups excluding carboxylic acids is 1. The Morgan fingerprint density at radius 3 is 3.00 bits per heavy atom. The van der Waals surface area contributed by atoms with Gasteiger partial charge in [-0.1, -0.05) is 0 Å². The second-order valence-corrected chi connectivity index (χ2v) is 5.34. The van der Waals surface area contributed by atoms with E-state index in [1.54, 1.807) is 17.1 Å². The highest BCUT2D eigenvalue weighted by Crippen LogP contribution is 2.22. The van der Waals surface area contributed by atoms with E-state index < -0.39 is 0 Å². The fourth-order valence-electron chi connectivity index (χ4n) is 2.51. The highest BCUT2D eigenvalue weighted by Gasteiger charge is 2.30. The number of aryl methyl sites for hydroxylation is 2. The number of rotatable bonds is 3. The minimum Gasteiger partial charge on any atom is -0.377 e. The Hall–Kier alpha value is -2.15. The van der Waals surface area contributed by atoms with Gasteiger partial charge in [-0.15, -0.1) is 0 Å². The Bertz CT molecular complexity index is 633. The number of morpholine rings is 1. The molecule has 2 aromatic rings. The smallest absolute Gasteiger partial charge is 0.245 e. The van der Waals surface area contributed by atoms with Gasteiger partial charge in [0.25, 0.3) is 0 Å². The summed E-state index contributed by atoms with van der Waals surface area (Å²) in [4.78, 5) is 21.9. The quantitative estimate of drug-likeness (QED) is 0.907. The van der Waals surface area contributed by atoms with E-state index in [2.05, 4.69) is 15.1 Å². The zero-order chi connectivity index (χ0) is 14.8. The molecule has 0 radical (unpaired) electrons. The van der Waals surface area contributed by atoms with E-state index in [1.165, 1.54) is 0 Å². The summed E-state index contributed by atoms with van der Waals surface area (Å²) >= 11 is 0. The van der Waals surface area contributed by atoms with Gasteiger partial charge in [0.15, 0.2) is 0 Å². The minimum absolute atomic E-state index is 0.0282. The summed E-state index contributed by atoms with van der Waals surface area (Å²) in [5.74, 6) is 0.803. The number of aromatic nitrogens is 4. The molecule has 3 rings (SSSR count). The fraction of sp³-hybridized carbons (Fsp3) is 0.500. The summed E-state index contributed by atoms with van der Waals surface area (Å²) in [6, 6.07) is -0.156. The van der Waals surface area contributed by atoms with Crippen molar-refractivity contribution in [1.29, 1.82) is 0 Å². The van der Waals surface area contributed by atoms with Crippen molar-refractivity contribution < 1.29 is 9.53 Å². The molecule has 0 aromatic carbocycles. The third-order valence-electron chi connectivity index (χ3n) is 3.55. The SMILES string of the molecule is Cc1cnn(CC(=O)N2CCOCC2c2ncc(C)[nH]2)c1. The van der Waals surface area contributed by atoms with Crippen LogP contribution < -0.4 is 0 Å². The molecule has 0 saturated carbocycles. The van der Waals surface area contributed by atoms with Crippen LogP contribution in [0.4, 0.5) is 0 Å². The molecule has 1 aliphatic rings. The van der Waals surface area contributed by atoms with Crippen LogP contribution in [0.1, 0.15) is 23.1 Å². The lowest BCUT2D eigenvalue weighted by Crippen LogP contribution is -2.45. The molecule has 1 aliphatic heterocycles. The Morgan fingerprint density at radius 1 is 1.48 bits per heavy atom. The predicted molar refractivity (Wildman–Crippen MR) is 75.6 cm³/mol. The van der Waals surface area contributed by atoms with Crippen LogP contribution in [0.15, 0.2) is 18.6 Å². The normalized spacial score (nSPS) is 19.0. The Balaban J connectivity index is 1.75. The molecule has 1 fully saturated rings. The van der Waals surface area contributed by atoms with Gasteiger partial charge in [-0.2, -0.15) is 5.10 Å². The minimum atomic E-state index is -0.156. The first-order chi connectivity index (χ1) is 10.1. The molecule has 0 aliphatic carbocycles. The maximum Gasteiger partial charge on any atom is 0.245 e. The maximum absolute atomic E-state index is 12.5. The summed E-state index contributed by atoms with van der Waals surface area (Å²) in [5.41, 5.74) is 2.02. The first-order valence-corrected chi connectivity index (χ1v) is 7.01. The van der Waals surface area contributed by atoms with Crippen LogP contribution in [0, 0.1) is 13.8 Å². The van der Waals surface area contributed by atoms with Crippen LogP contribution in [-0.2, 0) is 16.1 Å². The number of imidazole rings is 1. The van der Waals surface area contributed by atoms with Gasteiger partial charge in [0, 0.05) is 24.6 Å². The third kappa shape index (κ3) is 2.97. The monoisotopic (exact) mass is 289 g/mol. The van der Waals surface area contributed by atoms with Gasteiger partial charge in [-0.05, 0) is 19.4 Å². The molecule has 7 heteroatoms. The Kier molecular flexibility index (Phi) is 3.74. The summed E-state index contributed by atoms with van der Waals surface area (Å²) in [6.45, 7) is 5.74. The van der Waals surface area contributed by atoms with Crippen molar-refractivity contribution in [2.24, 2.45) is 0 Å². The van der Waals surface area contributed by atoms with Crippen LogP contribution in [0.2, 0.25) is 0 Å². The topological polar surface area (TPSA) is 76.0 Å². The van der Waals surface area contributed by atoms with E-state index in [0.717, 1.165) is 17.1 Å². The summed E-state index contributed by atoms with van der Waals surface area (Å²) in [5, 5.41) is 4.17. The molecule has 0 bridgehead atoms. The van der Waals surface area contributed by atoms with Gasteiger partial charge in [0.2, 0.25) is 5.91 Å². The van der Waals surface area contributed by atoms with E-state index in [-0.39, 0.29) is 18.5 Å². The van der Waals surface area contributed by atoms with Gasteiger partial charge in [0.05, 0.1) is 19.4 Å². The Morgan fingerprint density at radius 2 is 2.33 bits per heavy atom. The van der Waals surface area contributed by atoms with Gasteiger partial charge < -0.3 is 14.6 Å². The predicted octanol–water partition coefficient (Wildman–Crippen LogP) is 0.823. The fourth-order valence-corrected chi connectivity index (χ4v) is 2.51. The zero-order valence-electron chi connectivity index (χ0n) is 12.2. The summed E-state index contributed by atoms with van der Waals surface area (Å²) < 4.78 is 7.17. The first-order valence-electron chi connectivity index (χ1n) is 7.01. The lowest BCUT2D eigenvalue weighted by molar-refractivity contribution is -0.141. The van der Waals surface area contributed by atoms with Gasteiger partial charge >= 0.3 is 0 Å². The maximum atomic E-state index is 12.5. The first kappa shape index (κ1) is 13.8. The van der Waals surface area contributed by atoms with E-state index in [9.17, 15) is 4.79 Å². The molecule has 7 nitrogen and oxygen atoms in total. The van der Waals surface area contributed by atoms with E-state index in [4.69, 9.17) is 4.74 Å². The van der Waals surface area contributed by atoms with Crippen molar-refractivity contribution in [2.75, 3.05) is 19.8 Å². The second kappa shape index (κ2) is 5.69. The van der Waals surface area contributed by atoms with E-state index >= 15 is 0 Å². The molecule has 1 saturated heterocycles. The number of hydrogen-bond acceptors (Lipinski definition) is 4. The standard InChI is InChI=1S/C14H19N5O2/c1-10-5-16-18(7-10)8-13(20)19-3-4-21-9-12(19)14-15-6-11(2)17-14/h5-7,12H,3-4,8-9H2,1-2H3,(H,15,17). The lowest BCUT2D eigenvalue weighted by atomic mass is 10.2. The molecule has 3 heterocycles. The van der Waals surface area contributed by atoms with Crippen LogP contribution >= 0.6 is 0 Å². The molecule has 1 N–H and O–H groups in total. The van der Waals surface area contributed by atoms with E-state index in [0.29, 0.717) is 19.8 Å². The highest BCUT2D eigenvalue weighted by atomic mass is 16.5. The number of ether oxygens (including phenoxy) is 1. The number of nitrogens with one attached hydrogen (secondary N) is 1. The Labute approximate surface area is 122 Å². The van der Waals surface area contributed by atoms with Gasteiger partial charge in [0.1, 0.15) is 18.4 Å². The molecule has 0 spiro atoms. The van der Waals surface area contributed by atoms with Crippen LogP contribution in [-0.4, -0.2) is 50.3 Å². The summed E-state index contributed by atoms with van der Waals surface area (Å²) in [7, 11) is 0. The van der Waals surface area contributed by atoms with Crippen LogP contribution in [0.5, 0.6) is 0 Å². The molecule has 1 atom stereocenters. The number of hydrogen-bond donors (Lipinski definition) is 1. The third-order valence-corrected chi connectivity index (χ3v) is 3.55. The lowest BCUT2D eigenvalue weighted by Gasteiger charge is -2.34. The molecular formula is C14H19N5O2. The number of carbonyl (C=O) groups is 1. The molecule has 21 heavy (non-hydrogen) atoms. The van der Waals surface area contributed by atoms with E-state index in [1.807, 2.05) is 24.9 Å². The van der Waals surface area contributed by atoms with Crippen molar-refractivity contribution >= 4 is 5.91 Å². The van der Waals surface area contributed by atoms with Crippen molar-refractivity contribution in [2.45, 2.75) is 26.4 Å². The largest absolute Gasteiger partial charge is 0.377 e. The number of aromatic amines is 1. The number of H-pyrrole nitrogens is 1. The van der Waals surface area contributed by atoms with Crippen molar-refractivity contribution in [3.05, 3.63) is 35.7 Å². The second-order valence-electron chi connectivity index (χ2n) is 5.34. The molecule has 1 unspecified atom stereocenters. The highest BCUT2D eigenvalue weighted by molar-refractivity contribution is 5.76. The summed E-state index contributed by atoms with van der Waals surface area (Å²) in [6.07, 6.45) is 5.38. The molecule has 112 valence electrons. The van der Waals surface area contributed by atoms with Gasteiger partial charge in [-0.3, -0.25) is 9.48 Å². The van der Waals surface area contributed by atoms with Crippen molar-refractivity contribution in [3.8, 4) is 0 Å². The number of nitrogens with zero attached hydrogens (tertiary/aromatic N) is 4. The van der Waals surface area contributed by atoms with Crippen molar-refractivity contribution in [1.82, 2.24) is 24.6 Å². The average molecular weight is 289 g/mol. The molecular weight excluding hydrogens is 270 g/mol. The van der Waals surface area contributed by atoms with Gasteiger partial charge in [-0.25, -0.2) is 4.98 Å². The average Bonchev–Trinajstić information content (AvgIpc) is 3.07. The zero-order valence-corrected chi connectivity index (χ0v) is 12.2.